The van der Waals surface area contributed by atoms with E-state index in [-0.39, 0.29) is 0 Å². The molecule has 0 atom stereocenters. The molecule has 0 saturated carbocycles. The van der Waals surface area contributed by atoms with Crippen LogP contribution in [0.5, 0.6) is 0 Å². The van der Waals surface area contributed by atoms with Crippen molar-refractivity contribution in [3.05, 3.63) is 34.2 Å². The van der Waals surface area contributed by atoms with Crippen molar-refractivity contribution in [3.63, 3.8) is 0 Å². The average molecular weight is 327 g/mol. The van der Waals surface area contributed by atoms with E-state index >= 15 is 0 Å². The maximum absolute atomic E-state index is 4.45. The highest BCUT2D eigenvalue weighted by atomic mass is 127. The first-order chi connectivity index (χ1) is 7.79. The minimum Gasteiger partial charge on any atom is -0.252 e. The van der Waals surface area contributed by atoms with Crippen LogP contribution < -0.4 is 0 Å². The van der Waals surface area contributed by atoms with Crippen LogP contribution in [0.15, 0.2) is 30.6 Å². The third kappa shape index (κ3) is 2.81. The topological polar surface area (TPSA) is 30.7 Å². The number of halogens is 1. The number of unbranched alkanes of at least 4 members (excludes halogenated alkanes) is 1. The SMILES string of the molecule is CCCCn1cnc(-c2ccc(I)cc2)n1. The number of aromatic nitrogens is 3. The first-order valence-corrected chi connectivity index (χ1v) is 6.53. The summed E-state index contributed by atoms with van der Waals surface area (Å²) in [5, 5.41) is 4.45. The molecule has 4 heteroatoms. The predicted molar refractivity (Wildman–Crippen MR) is 73.1 cm³/mol. The molecule has 2 aromatic rings. The Kier molecular flexibility index (Phi) is 3.93. The largest absolute Gasteiger partial charge is 0.252 e. The molecule has 0 aliphatic carbocycles. The molecule has 0 amide bonds. The maximum atomic E-state index is 4.45. The van der Waals surface area contributed by atoms with E-state index in [0.717, 1.165) is 24.4 Å². The maximum Gasteiger partial charge on any atom is 0.181 e. The standard InChI is InChI=1S/C12H14IN3/c1-2-3-8-16-9-14-12(15-16)10-4-6-11(13)7-5-10/h4-7,9H,2-3,8H2,1H3. The molecule has 2 rings (SSSR count). The number of hydrogen-bond donors (Lipinski definition) is 0. The monoisotopic (exact) mass is 327 g/mol. The fourth-order valence-corrected chi connectivity index (χ4v) is 1.81. The van der Waals surface area contributed by atoms with Crippen molar-refractivity contribution in [2.24, 2.45) is 0 Å². The lowest BCUT2D eigenvalue weighted by Gasteiger charge is -1.97. The Balaban J connectivity index is 2.15. The van der Waals surface area contributed by atoms with E-state index in [1.165, 1.54) is 9.99 Å². The molecule has 1 heterocycles. The summed E-state index contributed by atoms with van der Waals surface area (Å²) >= 11 is 2.29. The van der Waals surface area contributed by atoms with Gasteiger partial charge in [0.05, 0.1) is 0 Å². The molecule has 84 valence electrons. The number of rotatable bonds is 4. The van der Waals surface area contributed by atoms with Crippen LogP contribution in [-0.4, -0.2) is 14.8 Å². The summed E-state index contributed by atoms with van der Waals surface area (Å²) < 4.78 is 3.14. The van der Waals surface area contributed by atoms with Gasteiger partial charge in [-0.15, -0.1) is 0 Å². The van der Waals surface area contributed by atoms with Gasteiger partial charge in [0.25, 0.3) is 0 Å². The highest BCUT2D eigenvalue weighted by Gasteiger charge is 2.03. The van der Waals surface area contributed by atoms with Crippen LogP contribution in [0, 0.1) is 3.57 Å². The third-order valence-electron chi connectivity index (χ3n) is 2.38. The predicted octanol–water partition coefficient (Wildman–Crippen LogP) is 3.35. The lowest BCUT2D eigenvalue weighted by atomic mass is 10.2. The van der Waals surface area contributed by atoms with E-state index in [0.29, 0.717) is 0 Å². The van der Waals surface area contributed by atoms with Gasteiger partial charge in [-0.05, 0) is 41.1 Å². The summed E-state index contributed by atoms with van der Waals surface area (Å²) in [4.78, 5) is 4.32. The lowest BCUT2D eigenvalue weighted by molar-refractivity contribution is 0.571. The summed E-state index contributed by atoms with van der Waals surface area (Å²) in [5.74, 6) is 0.813. The molecule has 1 aromatic heterocycles. The van der Waals surface area contributed by atoms with Gasteiger partial charge in [-0.2, -0.15) is 5.10 Å². The van der Waals surface area contributed by atoms with Gasteiger partial charge in [0, 0.05) is 15.7 Å². The Labute approximate surface area is 109 Å². The Bertz CT molecular complexity index is 448. The van der Waals surface area contributed by atoms with Crippen molar-refractivity contribution < 1.29 is 0 Å². The minimum absolute atomic E-state index is 0.813. The number of nitrogens with zero attached hydrogens (tertiary/aromatic N) is 3. The Morgan fingerprint density at radius 1 is 1.25 bits per heavy atom. The van der Waals surface area contributed by atoms with Gasteiger partial charge in [0.1, 0.15) is 6.33 Å². The van der Waals surface area contributed by atoms with Crippen LogP contribution in [0.2, 0.25) is 0 Å². The fraction of sp³-hybridized carbons (Fsp3) is 0.333. The molecule has 1 aromatic carbocycles. The van der Waals surface area contributed by atoms with Crippen LogP contribution in [0.1, 0.15) is 19.8 Å². The van der Waals surface area contributed by atoms with Crippen molar-refractivity contribution >= 4 is 22.6 Å². The van der Waals surface area contributed by atoms with E-state index in [9.17, 15) is 0 Å². The molecule has 3 nitrogen and oxygen atoms in total. The molecule has 0 spiro atoms. The zero-order valence-electron chi connectivity index (χ0n) is 9.23. The van der Waals surface area contributed by atoms with Crippen LogP contribution >= 0.6 is 22.6 Å². The Morgan fingerprint density at radius 2 is 2.00 bits per heavy atom. The minimum atomic E-state index is 0.813. The molecule has 0 unspecified atom stereocenters. The Morgan fingerprint density at radius 3 is 2.69 bits per heavy atom. The molecule has 16 heavy (non-hydrogen) atoms. The third-order valence-corrected chi connectivity index (χ3v) is 3.10. The normalized spacial score (nSPS) is 10.6. The second-order valence-corrected chi connectivity index (χ2v) is 4.94. The zero-order chi connectivity index (χ0) is 11.4. The van der Waals surface area contributed by atoms with Crippen molar-refractivity contribution in [3.8, 4) is 11.4 Å². The summed E-state index contributed by atoms with van der Waals surface area (Å²) in [6, 6.07) is 8.26. The molecular formula is C12H14IN3. The quantitative estimate of drug-likeness (QED) is 0.807. The van der Waals surface area contributed by atoms with E-state index < -0.39 is 0 Å². The first-order valence-electron chi connectivity index (χ1n) is 5.45. The van der Waals surface area contributed by atoms with Crippen LogP contribution in [0.25, 0.3) is 11.4 Å². The van der Waals surface area contributed by atoms with E-state index in [2.05, 4.69) is 63.9 Å². The van der Waals surface area contributed by atoms with Gasteiger partial charge in [0.15, 0.2) is 5.82 Å². The highest BCUT2D eigenvalue weighted by Crippen LogP contribution is 2.16. The smallest absolute Gasteiger partial charge is 0.181 e. The van der Waals surface area contributed by atoms with Gasteiger partial charge in [-0.3, -0.25) is 4.68 Å². The second kappa shape index (κ2) is 5.43. The van der Waals surface area contributed by atoms with E-state index in [1.54, 1.807) is 0 Å². The summed E-state index contributed by atoms with van der Waals surface area (Å²) in [7, 11) is 0. The molecule has 0 fully saturated rings. The summed E-state index contributed by atoms with van der Waals surface area (Å²) in [6.45, 7) is 3.13. The molecule has 0 N–H and O–H groups in total. The summed E-state index contributed by atoms with van der Waals surface area (Å²) in [5.41, 5.74) is 1.08. The van der Waals surface area contributed by atoms with Crippen molar-refractivity contribution in [2.75, 3.05) is 0 Å². The highest BCUT2D eigenvalue weighted by molar-refractivity contribution is 14.1. The van der Waals surface area contributed by atoms with Crippen molar-refractivity contribution in [1.82, 2.24) is 14.8 Å². The van der Waals surface area contributed by atoms with Gasteiger partial charge < -0.3 is 0 Å². The van der Waals surface area contributed by atoms with E-state index in [4.69, 9.17) is 0 Å². The van der Waals surface area contributed by atoms with Crippen molar-refractivity contribution in [2.45, 2.75) is 26.3 Å². The van der Waals surface area contributed by atoms with Crippen LogP contribution in [-0.2, 0) is 6.54 Å². The fourth-order valence-electron chi connectivity index (χ4n) is 1.45. The average Bonchev–Trinajstić information content (AvgIpc) is 2.76. The number of benzene rings is 1. The van der Waals surface area contributed by atoms with Gasteiger partial charge in [0.2, 0.25) is 0 Å². The Hall–Kier alpha value is -0.910. The molecule has 0 saturated heterocycles. The number of aryl methyl sites for hydroxylation is 1. The molecule has 0 bridgehead atoms. The van der Waals surface area contributed by atoms with Crippen molar-refractivity contribution in [1.29, 1.82) is 0 Å². The lowest BCUT2D eigenvalue weighted by Crippen LogP contribution is -1.97. The van der Waals surface area contributed by atoms with Gasteiger partial charge in [-0.1, -0.05) is 25.5 Å². The van der Waals surface area contributed by atoms with Gasteiger partial charge >= 0.3 is 0 Å². The first kappa shape index (κ1) is 11.6. The molecular weight excluding hydrogens is 313 g/mol. The van der Waals surface area contributed by atoms with Crippen LogP contribution in [0.4, 0.5) is 0 Å². The zero-order valence-corrected chi connectivity index (χ0v) is 11.4. The van der Waals surface area contributed by atoms with Gasteiger partial charge in [-0.25, -0.2) is 4.98 Å². The molecule has 0 aliphatic heterocycles. The van der Waals surface area contributed by atoms with Crippen LogP contribution in [0.3, 0.4) is 0 Å². The second-order valence-electron chi connectivity index (χ2n) is 3.69. The molecule has 0 radical (unpaired) electrons. The van der Waals surface area contributed by atoms with E-state index in [1.807, 2.05) is 11.0 Å². The summed E-state index contributed by atoms with van der Waals surface area (Å²) in [6.07, 6.45) is 4.14. The number of hydrogen-bond acceptors (Lipinski definition) is 2. The molecule has 0 aliphatic rings.